The van der Waals surface area contributed by atoms with Crippen molar-refractivity contribution in [2.45, 2.75) is 32.8 Å². The van der Waals surface area contributed by atoms with E-state index in [0.29, 0.717) is 6.07 Å². The summed E-state index contributed by atoms with van der Waals surface area (Å²) in [5.74, 6) is -2.24. The minimum atomic E-state index is -0.850. The Morgan fingerprint density at radius 2 is 1.88 bits per heavy atom. The number of esters is 1. The summed E-state index contributed by atoms with van der Waals surface area (Å²) in [4.78, 5) is 11.5. The van der Waals surface area contributed by atoms with Gasteiger partial charge in [-0.2, -0.15) is 0 Å². The Balaban J connectivity index is 2.82. The van der Waals surface area contributed by atoms with Gasteiger partial charge < -0.3 is 4.74 Å². The van der Waals surface area contributed by atoms with Crippen molar-refractivity contribution >= 4 is 17.6 Å². The van der Waals surface area contributed by atoms with Crippen molar-refractivity contribution in [3.05, 3.63) is 34.4 Å². The Kier molecular flexibility index (Phi) is 4.09. The minimum absolute atomic E-state index is 0.0191. The molecule has 1 aromatic carbocycles. The first-order valence-electron chi connectivity index (χ1n) is 5.04. The van der Waals surface area contributed by atoms with E-state index in [0.717, 1.165) is 6.07 Å². The molecule has 2 nitrogen and oxygen atoms in total. The van der Waals surface area contributed by atoms with Crippen LogP contribution in [0.2, 0.25) is 5.02 Å². The molecule has 0 aliphatic rings. The SMILES string of the molecule is CC(C)(C)OC(=O)Cc1cc(Cl)c(F)cc1F. The number of halogens is 3. The van der Waals surface area contributed by atoms with E-state index in [4.69, 9.17) is 16.3 Å². The second kappa shape index (κ2) is 5.00. The van der Waals surface area contributed by atoms with Crippen LogP contribution < -0.4 is 0 Å². The Hall–Kier alpha value is -1.16. The molecule has 0 saturated heterocycles. The lowest BCUT2D eigenvalue weighted by molar-refractivity contribution is -0.153. The molecule has 0 heterocycles. The van der Waals surface area contributed by atoms with Gasteiger partial charge in [-0.25, -0.2) is 8.78 Å². The van der Waals surface area contributed by atoms with E-state index < -0.39 is 23.2 Å². The molecular formula is C12H13ClF2O2. The van der Waals surface area contributed by atoms with Crippen molar-refractivity contribution in [1.29, 1.82) is 0 Å². The van der Waals surface area contributed by atoms with Crippen molar-refractivity contribution in [1.82, 2.24) is 0 Å². The molecule has 5 heteroatoms. The fraction of sp³-hybridized carbons (Fsp3) is 0.417. The average Bonchev–Trinajstić information content (AvgIpc) is 2.11. The van der Waals surface area contributed by atoms with Crippen molar-refractivity contribution in [3.8, 4) is 0 Å². The van der Waals surface area contributed by atoms with Crippen LogP contribution in [0.5, 0.6) is 0 Å². The minimum Gasteiger partial charge on any atom is -0.460 e. The first-order chi connectivity index (χ1) is 7.69. The summed E-state index contributed by atoms with van der Waals surface area (Å²) in [6.45, 7) is 5.12. The van der Waals surface area contributed by atoms with Gasteiger partial charge in [0.15, 0.2) is 0 Å². The number of ether oxygens (including phenoxy) is 1. The van der Waals surface area contributed by atoms with Crippen LogP contribution in [0.4, 0.5) is 8.78 Å². The monoisotopic (exact) mass is 262 g/mol. The van der Waals surface area contributed by atoms with Crippen LogP contribution in [-0.2, 0) is 16.0 Å². The number of hydrogen-bond donors (Lipinski definition) is 0. The largest absolute Gasteiger partial charge is 0.460 e. The van der Waals surface area contributed by atoms with Crippen LogP contribution in [0, 0.1) is 11.6 Å². The third-order valence-electron chi connectivity index (χ3n) is 1.84. The maximum absolute atomic E-state index is 13.3. The number of hydrogen-bond acceptors (Lipinski definition) is 2. The van der Waals surface area contributed by atoms with Crippen molar-refractivity contribution < 1.29 is 18.3 Å². The zero-order valence-electron chi connectivity index (χ0n) is 9.81. The fourth-order valence-corrected chi connectivity index (χ4v) is 1.42. The van der Waals surface area contributed by atoms with Crippen molar-refractivity contribution in [2.75, 3.05) is 0 Å². The lowest BCUT2D eigenvalue weighted by Crippen LogP contribution is -2.25. The average molecular weight is 263 g/mol. The fourth-order valence-electron chi connectivity index (χ4n) is 1.23. The number of rotatable bonds is 2. The maximum Gasteiger partial charge on any atom is 0.310 e. The first-order valence-corrected chi connectivity index (χ1v) is 5.42. The quantitative estimate of drug-likeness (QED) is 0.602. The Morgan fingerprint density at radius 3 is 2.41 bits per heavy atom. The molecule has 94 valence electrons. The molecule has 0 bridgehead atoms. The highest BCUT2D eigenvalue weighted by atomic mass is 35.5. The van der Waals surface area contributed by atoms with E-state index in [1.54, 1.807) is 20.8 Å². The summed E-state index contributed by atoms with van der Waals surface area (Å²) in [5.41, 5.74) is -0.622. The third kappa shape index (κ3) is 4.30. The molecule has 0 unspecified atom stereocenters. The van der Waals surface area contributed by atoms with E-state index in [2.05, 4.69) is 0 Å². The zero-order chi connectivity index (χ0) is 13.2. The van der Waals surface area contributed by atoms with Crippen molar-refractivity contribution in [3.63, 3.8) is 0 Å². The van der Waals surface area contributed by atoms with Gasteiger partial charge in [-0.05, 0) is 26.8 Å². The zero-order valence-corrected chi connectivity index (χ0v) is 10.6. The molecule has 17 heavy (non-hydrogen) atoms. The van der Waals surface area contributed by atoms with Crippen LogP contribution in [0.1, 0.15) is 26.3 Å². The molecule has 0 saturated carbocycles. The van der Waals surface area contributed by atoms with Crippen LogP contribution >= 0.6 is 11.6 Å². The van der Waals surface area contributed by atoms with Gasteiger partial charge >= 0.3 is 5.97 Å². The van der Waals surface area contributed by atoms with E-state index in [1.165, 1.54) is 0 Å². The lowest BCUT2D eigenvalue weighted by atomic mass is 10.1. The van der Waals surface area contributed by atoms with Crippen LogP contribution in [0.15, 0.2) is 12.1 Å². The normalized spacial score (nSPS) is 11.4. The number of carbonyl (C=O) groups excluding carboxylic acids is 1. The molecule has 0 fully saturated rings. The second-order valence-corrected chi connectivity index (χ2v) is 5.03. The van der Waals surface area contributed by atoms with E-state index >= 15 is 0 Å². The van der Waals surface area contributed by atoms with Gasteiger partial charge in [0, 0.05) is 11.6 Å². The molecule has 0 aliphatic heterocycles. The molecule has 0 N–H and O–H groups in total. The van der Waals surface area contributed by atoms with E-state index in [1.807, 2.05) is 0 Å². The summed E-state index contributed by atoms with van der Waals surface area (Å²) in [6.07, 6.45) is -0.275. The predicted octanol–water partition coefficient (Wildman–Crippen LogP) is 3.50. The molecule has 1 rings (SSSR count). The highest BCUT2D eigenvalue weighted by Crippen LogP contribution is 2.20. The van der Waals surface area contributed by atoms with Gasteiger partial charge in [-0.1, -0.05) is 11.6 Å². The van der Waals surface area contributed by atoms with E-state index in [9.17, 15) is 13.6 Å². The van der Waals surface area contributed by atoms with Crippen molar-refractivity contribution in [2.24, 2.45) is 0 Å². The Labute approximate surface area is 104 Å². The summed E-state index contributed by atoms with van der Waals surface area (Å²) in [6, 6.07) is 1.75. The highest BCUT2D eigenvalue weighted by molar-refractivity contribution is 6.30. The smallest absolute Gasteiger partial charge is 0.310 e. The topological polar surface area (TPSA) is 26.3 Å². The molecule has 0 aromatic heterocycles. The predicted molar refractivity (Wildman–Crippen MR) is 60.9 cm³/mol. The molecule has 0 spiro atoms. The Bertz CT molecular complexity index is 439. The molecule has 1 aromatic rings. The highest BCUT2D eigenvalue weighted by Gasteiger charge is 2.18. The molecule has 0 atom stereocenters. The van der Waals surface area contributed by atoms with Crippen LogP contribution in [0.25, 0.3) is 0 Å². The third-order valence-corrected chi connectivity index (χ3v) is 2.13. The molecule has 0 aliphatic carbocycles. The van der Waals surface area contributed by atoms with Gasteiger partial charge in [0.25, 0.3) is 0 Å². The maximum atomic E-state index is 13.3. The summed E-state index contributed by atoms with van der Waals surface area (Å²) < 4.78 is 31.2. The van der Waals surface area contributed by atoms with Gasteiger partial charge in [0.2, 0.25) is 0 Å². The Morgan fingerprint density at radius 1 is 1.29 bits per heavy atom. The second-order valence-electron chi connectivity index (χ2n) is 4.62. The van der Waals surface area contributed by atoms with Gasteiger partial charge in [0.1, 0.15) is 17.2 Å². The standard InChI is InChI=1S/C12H13ClF2O2/c1-12(2,3)17-11(16)5-7-4-8(13)10(15)6-9(7)14/h4,6H,5H2,1-3H3. The summed E-state index contributed by atoms with van der Waals surface area (Å²) >= 11 is 5.51. The summed E-state index contributed by atoms with van der Waals surface area (Å²) in [5, 5.41) is -0.218. The van der Waals surface area contributed by atoms with Gasteiger partial charge in [-0.15, -0.1) is 0 Å². The lowest BCUT2D eigenvalue weighted by Gasteiger charge is -2.19. The molecule has 0 amide bonds. The summed E-state index contributed by atoms with van der Waals surface area (Å²) in [7, 11) is 0. The first kappa shape index (κ1) is 13.9. The van der Waals surface area contributed by atoms with Gasteiger partial charge in [0.05, 0.1) is 11.4 Å². The van der Waals surface area contributed by atoms with Crippen LogP contribution in [0.3, 0.4) is 0 Å². The number of carbonyl (C=O) groups is 1. The van der Waals surface area contributed by atoms with Crippen LogP contribution in [-0.4, -0.2) is 11.6 Å². The van der Waals surface area contributed by atoms with Gasteiger partial charge in [-0.3, -0.25) is 4.79 Å². The molecular weight excluding hydrogens is 250 g/mol. The van der Waals surface area contributed by atoms with E-state index in [-0.39, 0.29) is 17.0 Å². The molecule has 0 radical (unpaired) electrons. The number of benzene rings is 1.